The highest BCUT2D eigenvalue weighted by Crippen LogP contribution is 2.58. The Morgan fingerprint density at radius 2 is 0.985 bits per heavy atom. The molecular weight excluding hydrogens is 947 g/mol. The van der Waals surface area contributed by atoms with Crippen LogP contribution in [0.2, 0.25) is 10.0 Å². The van der Waals surface area contributed by atoms with E-state index < -0.39 is 81.9 Å². The lowest BCUT2D eigenvalue weighted by Gasteiger charge is -2.47. The minimum Gasteiger partial charge on any atom is -0.373 e. The summed E-state index contributed by atoms with van der Waals surface area (Å²) in [4.78, 5) is 49.2. The molecule has 22 heteroatoms. The second-order valence-corrected chi connectivity index (χ2v) is 17.6. The molecule has 2 unspecified atom stereocenters. The van der Waals surface area contributed by atoms with Crippen molar-refractivity contribution in [2.45, 2.75) is 93.2 Å². The maximum absolute atomic E-state index is 14.1. The molecule has 2 atom stereocenters. The SMILES string of the molecule is Cc1noc(=O)c2ccc(NC(=O)C(O)(CC3(c4cc(F)ccc4Cl)CC3)C(F)(F)F)cc12.Cc1noc(=O)c2ccc(NC(=O)C(O)(CC3(c4cc(F)ccc4Cl)CCC3)C(F)(F)F)cc12. The number of aliphatic hydroxyl groups is 2. The van der Waals surface area contributed by atoms with Crippen LogP contribution in [-0.2, 0) is 20.4 Å². The lowest BCUT2D eigenvalue weighted by Crippen LogP contribution is -2.59. The third kappa shape index (κ3) is 9.35. The smallest absolute Gasteiger partial charge is 0.373 e. The van der Waals surface area contributed by atoms with E-state index in [1.54, 1.807) is 0 Å². The Balaban J connectivity index is 0.000000199. The van der Waals surface area contributed by atoms with Crippen molar-refractivity contribution in [2.24, 2.45) is 0 Å². The molecule has 0 radical (unpaired) electrons. The van der Waals surface area contributed by atoms with Crippen LogP contribution in [0, 0.1) is 25.5 Å². The fourth-order valence-corrected chi connectivity index (χ4v) is 8.96. The lowest BCUT2D eigenvalue weighted by molar-refractivity contribution is -0.257. The van der Waals surface area contributed by atoms with Crippen LogP contribution in [0.3, 0.4) is 0 Å². The normalized spacial score (nSPS) is 17.0. The van der Waals surface area contributed by atoms with Crippen LogP contribution in [0.1, 0.15) is 67.5 Å². The van der Waals surface area contributed by atoms with Gasteiger partial charge in [-0.3, -0.25) is 9.59 Å². The topological polar surface area (TPSA) is 185 Å². The van der Waals surface area contributed by atoms with Crippen LogP contribution in [-0.4, -0.2) is 55.9 Å². The first kappa shape index (κ1) is 49.0. The first-order valence-corrected chi connectivity index (χ1v) is 20.9. The highest BCUT2D eigenvalue weighted by atomic mass is 35.5. The van der Waals surface area contributed by atoms with Gasteiger partial charge in [0.1, 0.15) is 11.6 Å². The summed E-state index contributed by atoms with van der Waals surface area (Å²) >= 11 is 12.2. The van der Waals surface area contributed by atoms with Gasteiger partial charge in [0.15, 0.2) is 0 Å². The Hall–Kier alpha value is -5.96. The Labute approximate surface area is 382 Å². The van der Waals surface area contributed by atoms with Gasteiger partial charge in [-0.05, 0) is 123 Å². The van der Waals surface area contributed by atoms with Gasteiger partial charge in [-0.25, -0.2) is 18.4 Å². The molecule has 0 bridgehead atoms. The monoisotopic (exact) mass is 982 g/mol. The van der Waals surface area contributed by atoms with Gasteiger partial charge in [-0.1, -0.05) is 39.9 Å². The largest absolute Gasteiger partial charge is 0.426 e. The number of alkyl halides is 6. The summed E-state index contributed by atoms with van der Waals surface area (Å²) in [6, 6.07) is 14.2. The fraction of sp³-hybridized carbons (Fsp3) is 0.333. The van der Waals surface area contributed by atoms with Crippen molar-refractivity contribution in [1.29, 1.82) is 0 Å². The van der Waals surface area contributed by atoms with E-state index in [9.17, 15) is 64.5 Å². The van der Waals surface area contributed by atoms with E-state index in [0.717, 1.165) is 24.3 Å². The molecule has 12 nitrogen and oxygen atoms in total. The Morgan fingerprint density at radius 3 is 1.31 bits per heavy atom. The second-order valence-electron chi connectivity index (χ2n) is 16.8. The van der Waals surface area contributed by atoms with Crippen LogP contribution in [0.25, 0.3) is 21.5 Å². The summed E-state index contributed by atoms with van der Waals surface area (Å²) < 4.78 is 121. The summed E-state index contributed by atoms with van der Waals surface area (Å²) in [6.07, 6.45) is -11.4. The molecule has 354 valence electrons. The molecule has 6 aromatic rings. The van der Waals surface area contributed by atoms with Gasteiger partial charge in [0.05, 0.1) is 22.2 Å². The average Bonchev–Trinajstić information content (AvgIpc) is 4.03. The van der Waals surface area contributed by atoms with Crippen LogP contribution >= 0.6 is 23.2 Å². The lowest BCUT2D eigenvalue weighted by atomic mass is 9.59. The van der Waals surface area contributed by atoms with E-state index in [0.29, 0.717) is 6.42 Å². The number of rotatable bonds is 10. The van der Waals surface area contributed by atoms with Crippen molar-refractivity contribution >= 4 is 67.9 Å². The minimum absolute atomic E-state index is 0.0511. The van der Waals surface area contributed by atoms with Gasteiger partial charge in [-0.2, -0.15) is 26.3 Å². The molecule has 2 fully saturated rings. The molecule has 67 heavy (non-hydrogen) atoms. The standard InChI is InChI=1S/C23H19ClF4N2O4.C22H17ClF4N2O4/c1-12-16-10-14(4-5-15(16)19(31)34-30-12)29-20(32)22(33,23(26,27)28)11-21(7-2-8-21)17-9-13(25)3-6-18(17)24;1-11-15-9-13(3-4-14(15)18(30)33-29-11)28-19(31)21(32,22(25,26)27)10-20(6-7-20)16-8-12(24)2-5-17(16)23/h3-6,9-10,33H,2,7-8,11H2,1H3,(H,29,32);2-5,8-9,32H,6-7,10H2,1H3,(H,28,31). The highest BCUT2D eigenvalue weighted by Gasteiger charge is 2.66. The molecule has 2 heterocycles. The molecule has 2 aliphatic rings. The number of nitrogens with one attached hydrogen (secondary N) is 2. The Kier molecular flexibility index (Phi) is 12.9. The first-order valence-electron chi connectivity index (χ1n) is 20.2. The number of carbonyl (C=O) groups is 2. The van der Waals surface area contributed by atoms with E-state index in [2.05, 4.69) is 30.0 Å². The molecule has 0 aliphatic heterocycles. The molecule has 4 N–H and O–H groups in total. The third-order valence-electron chi connectivity index (χ3n) is 12.3. The number of carbonyl (C=O) groups excluding carboxylic acids is 2. The van der Waals surface area contributed by atoms with E-state index >= 15 is 0 Å². The third-order valence-corrected chi connectivity index (χ3v) is 13.0. The van der Waals surface area contributed by atoms with Crippen molar-refractivity contribution in [3.05, 3.63) is 138 Å². The molecule has 8 rings (SSSR count). The van der Waals surface area contributed by atoms with Crippen molar-refractivity contribution in [2.75, 3.05) is 10.6 Å². The van der Waals surface area contributed by atoms with Crippen LogP contribution in [0.15, 0.2) is 91.4 Å². The average molecular weight is 984 g/mol. The van der Waals surface area contributed by atoms with Crippen molar-refractivity contribution < 1.29 is 64.0 Å². The summed E-state index contributed by atoms with van der Waals surface area (Å²) in [5.74, 6) is -4.78. The summed E-state index contributed by atoms with van der Waals surface area (Å²) in [6.45, 7) is 3.04. The van der Waals surface area contributed by atoms with Crippen LogP contribution in [0.4, 0.5) is 46.5 Å². The number of aryl methyl sites for hydroxylation is 2. The zero-order chi connectivity index (χ0) is 49.1. The number of fused-ring (bicyclic) bond motifs is 2. The zero-order valence-corrected chi connectivity index (χ0v) is 36.4. The van der Waals surface area contributed by atoms with Gasteiger partial charge in [-0.15, -0.1) is 0 Å². The van der Waals surface area contributed by atoms with Crippen molar-refractivity contribution in [3.63, 3.8) is 0 Å². The van der Waals surface area contributed by atoms with Gasteiger partial charge in [0.2, 0.25) is 11.2 Å². The fourth-order valence-electron chi connectivity index (χ4n) is 8.33. The molecule has 2 saturated carbocycles. The Morgan fingerprint density at radius 1 is 0.612 bits per heavy atom. The molecule has 2 aliphatic carbocycles. The molecule has 0 saturated heterocycles. The molecule has 2 amide bonds. The van der Waals surface area contributed by atoms with Crippen LogP contribution in [0.5, 0.6) is 0 Å². The highest BCUT2D eigenvalue weighted by molar-refractivity contribution is 6.31. The van der Waals surface area contributed by atoms with Gasteiger partial charge in [0, 0.05) is 55.9 Å². The number of anilines is 2. The first-order chi connectivity index (χ1) is 31.2. The van der Waals surface area contributed by atoms with Crippen molar-refractivity contribution in [1.82, 2.24) is 10.3 Å². The maximum Gasteiger partial charge on any atom is 0.426 e. The summed E-state index contributed by atoms with van der Waals surface area (Å²) in [7, 11) is 0. The minimum atomic E-state index is -5.34. The number of hydrogen-bond donors (Lipinski definition) is 4. The van der Waals surface area contributed by atoms with E-state index in [4.69, 9.17) is 23.2 Å². The summed E-state index contributed by atoms with van der Waals surface area (Å²) in [5, 5.41) is 33.6. The predicted molar refractivity (Wildman–Crippen MR) is 228 cm³/mol. The number of halogens is 10. The molecular formula is C45H36Cl2F8N4O8. The molecule has 2 aromatic heterocycles. The van der Waals surface area contributed by atoms with E-state index in [-0.39, 0.29) is 91.2 Å². The molecule has 4 aromatic carbocycles. The summed E-state index contributed by atoms with van der Waals surface area (Å²) in [5.41, 5.74) is -11.1. The number of hydrogen-bond acceptors (Lipinski definition) is 10. The maximum atomic E-state index is 14.1. The van der Waals surface area contributed by atoms with E-state index in [1.165, 1.54) is 62.4 Å². The number of amides is 2. The molecule has 0 spiro atoms. The van der Waals surface area contributed by atoms with Crippen molar-refractivity contribution in [3.8, 4) is 0 Å². The Bertz CT molecular complexity index is 3060. The van der Waals surface area contributed by atoms with Gasteiger partial charge in [0.25, 0.3) is 11.8 Å². The van der Waals surface area contributed by atoms with Gasteiger partial charge >= 0.3 is 23.6 Å². The van der Waals surface area contributed by atoms with Crippen LogP contribution < -0.4 is 21.9 Å². The predicted octanol–water partition coefficient (Wildman–Crippen LogP) is 9.68. The number of nitrogens with zero attached hydrogens (tertiary/aromatic N) is 2. The quantitative estimate of drug-likeness (QED) is 0.0964. The zero-order valence-electron chi connectivity index (χ0n) is 34.9. The van der Waals surface area contributed by atoms with E-state index in [1.807, 2.05) is 0 Å². The number of benzene rings is 4. The second kappa shape index (κ2) is 17.6. The number of aromatic nitrogens is 2. The van der Waals surface area contributed by atoms with Gasteiger partial charge < -0.3 is 29.9 Å².